The van der Waals surface area contributed by atoms with Crippen LogP contribution in [0.3, 0.4) is 0 Å². The molecule has 0 aromatic carbocycles. The molecule has 0 unspecified atom stereocenters. The molecule has 0 amide bonds. The second-order valence-electron chi connectivity index (χ2n) is 2.99. The van der Waals surface area contributed by atoms with Crippen LogP contribution in [-0.4, -0.2) is 20.5 Å². The van der Waals surface area contributed by atoms with E-state index in [4.69, 9.17) is 0 Å². The minimum absolute atomic E-state index is 0.0977. The monoisotopic (exact) mass is 207 g/mol. The predicted molar refractivity (Wildman–Crippen MR) is 53.4 cm³/mol. The van der Waals surface area contributed by atoms with Crippen molar-refractivity contribution in [2.45, 2.75) is 6.42 Å². The number of thiazole rings is 1. The highest BCUT2D eigenvalue weighted by Gasteiger charge is 2.09. The van der Waals surface area contributed by atoms with E-state index in [9.17, 15) is 4.79 Å². The van der Waals surface area contributed by atoms with Crippen LogP contribution in [0, 0.1) is 0 Å². The first-order valence-electron chi connectivity index (χ1n) is 4.15. The van der Waals surface area contributed by atoms with Crippen LogP contribution in [0.2, 0.25) is 0 Å². The molecule has 0 spiro atoms. The SMILES string of the molecule is Cn1cc(CC(=O)c2cncs2)cn1. The van der Waals surface area contributed by atoms with Crippen LogP contribution in [0.1, 0.15) is 15.2 Å². The molecule has 2 rings (SSSR count). The van der Waals surface area contributed by atoms with Crippen molar-refractivity contribution < 1.29 is 4.79 Å². The Hall–Kier alpha value is -1.49. The van der Waals surface area contributed by atoms with Crippen molar-refractivity contribution in [3.05, 3.63) is 34.5 Å². The normalized spacial score (nSPS) is 10.4. The molecular formula is C9H9N3OS. The molecule has 14 heavy (non-hydrogen) atoms. The Balaban J connectivity index is 2.09. The van der Waals surface area contributed by atoms with Gasteiger partial charge in [-0.05, 0) is 5.56 Å². The quantitative estimate of drug-likeness (QED) is 0.713. The maximum Gasteiger partial charge on any atom is 0.178 e. The van der Waals surface area contributed by atoms with Crippen molar-refractivity contribution in [1.29, 1.82) is 0 Å². The minimum atomic E-state index is 0.0977. The summed E-state index contributed by atoms with van der Waals surface area (Å²) in [5.41, 5.74) is 2.60. The number of hydrogen-bond donors (Lipinski definition) is 0. The summed E-state index contributed by atoms with van der Waals surface area (Å²) in [6, 6.07) is 0. The first-order valence-corrected chi connectivity index (χ1v) is 5.03. The minimum Gasteiger partial charge on any atom is -0.293 e. The van der Waals surface area contributed by atoms with Gasteiger partial charge in [0.15, 0.2) is 5.78 Å². The topological polar surface area (TPSA) is 47.8 Å². The van der Waals surface area contributed by atoms with Crippen molar-refractivity contribution >= 4 is 17.1 Å². The van der Waals surface area contributed by atoms with E-state index in [2.05, 4.69) is 10.1 Å². The van der Waals surface area contributed by atoms with E-state index in [1.807, 2.05) is 13.2 Å². The lowest BCUT2D eigenvalue weighted by atomic mass is 10.2. The van der Waals surface area contributed by atoms with Crippen molar-refractivity contribution in [3.63, 3.8) is 0 Å². The Morgan fingerprint density at radius 1 is 1.57 bits per heavy atom. The van der Waals surface area contributed by atoms with E-state index in [0.717, 1.165) is 5.56 Å². The highest BCUT2D eigenvalue weighted by Crippen LogP contribution is 2.10. The van der Waals surface area contributed by atoms with Crippen molar-refractivity contribution in [2.75, 3.05) is 0 Å². The van der Waals surface area contributed by atoms with Gasteiger partial charge in [-0.15, -0.1) is 11.3 Å². The molecule has 5 heteroatoms. The van der Waals surface area contributed by atoms with Crippen LogP contribution in [0.4, 0.5) is 0 Å². The summed E-state index contributed by atoms with van der Waals surface area (Å²) in [4.78, 5) is 16.2. The lowest BCUT2D eigenvalue weighted by Crippen LogP contribution is -2.00. The number of rotatable bonds is 3. The fraction of sp³-hybridized carbons (Fsp3) is 0.222. The molecular weight excluding hydrogens is 198 g/mol. The molecule has 4 nitrogen and oxygen atoms in total. The van der Waals surface area contributed by atoms with Gasteiger partial charge >= 0.3 is 0 Å². The number of nitrogens with zero attached hydrogens (tertiary/aromatic N) is 3. The molecule has 0 fully saturated rings. The lowest BCUT2D eigenvalue weighted by Gasteiger charge is -1.92. The Kier molecular flexibility index (Phi) is 2.41. The number of Topliss-reactive ketones (excluding diaryl/α,β-unsaturated/α-hetero) is 1. The maximum absolute atomic E-state index is 11.6. The van der Waals surface area contributed by atoms with Gasteiger partial charge < -0.3 is 0 Å². The zero-order valence-corrected chi connectivity index (χ0v) is 8.49. The van der Waals surface area contributed by atoms with Crippen LogP contribution in [-0.2, 0) is 13.5 Å². The summed E-state index contributed by atoms with van der Waals surface area (Å²) in [5.74, 6) is 0.0977. The molecule has 2 aromatic rings. The number of aryl methyl sites for hydroxylation is 1. The highest BCUT2D eigenvalue weighted by molar-refractivity contribution is 7.11. The fourth-order valence-corrected chi connectivity index (χ4v) is 1.75. The Bertz CT molecular complexity index is 433. The summed E-state index contributed by atoms with van der Waals surface area (Å²) in [6.07, 6.45) is 5.55. The van der Waals surface area contributed by atoms with Gasteiger partial charge in [-0.3, -0.25) is 14.5 Å². The molecule has 72 valence electrons. The van der Waals surface area contributed by atoms with E-state index >= 15 is 0 Å². The molecule has 2 aromatic heterocycles. The number of carbonyl (C=O) groups excluding carboxylic acids is 1. The molecule has 0 N–H and O–H groups in total. The Morgan fingerprint density at radius 3 is 3.00 bits per heavy atom. The molecule has 0 atom stereocenters. The summed E-state index contributed by atoms with van der Waals surface area (Å²) in [5, 5.41) is 4.00. The van der Waals surface area contributed by atoms with Gasteiger partial charge in [0.05, 0.1) is 16.6 Å². The second kappa shape index (κ2) is 3.71. The third kappa shape index (κ3) is 1.88. The first-order chi connectivity index (χ1) is 6.75. The highest BCUT2D eigenvalue weighted by atomic mass is 32.1. The molecule has 0 aliphatic rings. The number of ketones is 1. The molecule has 0 saturated carbocycles. The first kappa shape index (κ1) is 9.08. The van der Waals surface area contributed by atoms with Gasteiger partial charge in [0.25, 0.3) is 0 Å². The Morgan fingerprint density at radius 2 is 2.43 bits per heavy atom. The van der Waals surface area contributed by atoms with Gasteiger partial charge in [-0.2, -0.15) is 5.10 Å². The average Bonchev–Trinajstić information content (AvgIpc) is 2.75. The van der Waals surface area contributed by atoms with Gasteiger partial charge in [0, 0.05) is 25.9 Å². The smallest absolute Gasteiger partial charge is 0.178 e. The lowest BCUT2D eigenvalue weighted by molar-refractivity contribution is 0.0996. The van der Waals surface area contributed by atoms with Crippen LogP contribution < -0.4 is 0 Å². The second-order valence-corrected chi connectivity index (χ2v) is 3.87. The maximum atomic E-state index is 11.6. The van der Waals surface area contributed by atoms with Crippen LogP contribution in [0.15, 0.2) is 24.1 Å². The largest absolute Gasteiger partial charge is 0.293 e. The van der Waals surface area contributed by atoms with Gasteiger partial charge in [-0.1, -0.05) is 0 Å². The van der Waals surface area contributed by atoms with E-state index < -0.39 is 0 Å². The molecule has 2 heterocycles. The number of carbonyl (C=O) groups is 1. The van der Waals surface area contributed by atoms with Crippen molar-refractivity contribution in [2.24, 2.45) is 7.05 Å². The van der Waals surface area contributed by atoms with E-state index in [0.29, 0.717) is 11.3 Å². The zero-order chi connectivity index (χ0) is 9.97. The van der Waals surface area contributed by atoms with Gasteiger partial charge in [0.1, 0.15) is 0 Å². The van der Waals surface area contributed by atoms with Gasteiger partial charge in [0.2, 0.25) is 0 Å². The fourth-order valence-electron chi connectivity index (χ4n) is 1.19. The van der Waals surface area contributed by atoms with Crippen LogP contribution in [0.5, 0.6) is 0 Å². The third-order valence-corrected chi connectivity index (χ3v) is 2.64. The summed E-state index contributed by atoms with van der Waals surface area (Å²) in [7, 11) is 1.83. The van der Waals surface area contributed by atoms with Crippen LogP contribution >= 0.6 is 11.3 Å². The average molecular weight is 207 g/mol. The summed E-state index contributed by atoms with van der Waals surface area (Å²) < 4.78 is 1.69. The number of hydrogen-bond acceptors (Lipinski definition) is 4. The van der Waals surface area contributed by atoms with Crippen LogP contribution in [0.25, 0.3) is 0 Å². The zero-order valence-electron chi connectivity index (χ0n) is 7.67. The van der Waals surface area contributed by atoms with E-state index in [1.165, 1.54) is 11.3 Å². The molecule has 0 radical (unpaired) electrons. The standard InChI is InChI=1S/C9H9N3OS/c1-12-5-7(3-11-12)2-8(13)9-4-10-6-14-9/h3-6H,2H2,1H3. The molecule has 0 aliphatic heterocycles. The Labute approximate surface area is 85.2 Å². The van der Waals surface area contributed by atoms with Crippen molar-refractivity contribution in [1.82, 2.24) is 14.8 Å². The number of aromatic nitrogens is 3. The van der Waals surface area contributed by atoms with Gasteiger partial charge in [-0.25, -0.2) is 0 Å². The molecule has 0 aliphatic carbocycles. The van der Waals surface area contributed by atoms with E-state index in [-0.39, 0.29) is 5.78 Å². The molecule has 0 bridgehead atoms. The molecule has 0 saturated heterocycles. The van der Waals surface area contributed by atoms with Crippen molar-refractivity contribution in [3.8, 4) is 0 Å². The summed E-state index contributed by atoms with van der Waals surface area (Å²) in [6.45, 7) is 0. The summed E-state index contributed by atoms with van der Waals surface area (Å²) >= 11 is 1.37. The third-order valence-electron chi connectivity index (χ3n) is 1.83. The predicted octanol–water partition coefficient (Wildman–Crippen LogP) is 1.30. The van der Waals surface area contributed by atoms with E-state index in [1.54, 1.807) is 22.6 Å².